The molecule has 5 rings (SSSR count). The molecule has 36 heavy (non-hydrogen) atoms. The zero-order valence-electron chi connectivity index (χ0n) is 20.6. The molecule has 0 saturated carbocycles. The van der Waals surface area contributed by atoms with Crippen molar-refractivity contribution >= 4 is 28.4 Å². The molecule has 7 heteroatoms. The highest BCUT2D eigenvalue weighted by molar-refractivity contribution is 6.15. The van der Waals surface area contributed by atoms with E-state index in [1.165, 1.54) is 0 Å². The highest BCUT2D eigenvalue weighted by atomic mass is 16.2. The van der Waals surface area contributed by atoms with Crippen molar-refractivity contribution in [2.75, 3.05) is 31.9 Å². The fraction of sp³-hybridized carbons (Fsp3) is 0.241. The minimum absolute atomic E-state index is 0.117. The quantitative estimate of drug-likeness (QED) is 0.435. The zero-order valence-corrected chi connectivity index (χ0v) is 20.6. The molecule has 1 aliphatic heterocycles. The van der Waals surface area contributed by atoms with E-state index in [2.05, 4.69) is 14.9 Å². The summed E-state index contributed by atoms with van der Waals surface area (Å²) in [7, 11) is 0. The highest BCUT2D eigenvalue weighted by Gasteiger charge is 2.26. The molecule has 4 aromatic rings. The lowest BCUT2D eigenvalue weighted by Gasteiger charge is -2.34. The summed E-state index contributed by atoms with van der Waals surface area (Å²) < 4.78 is 0. The van der Waals surface area contributed by atoms with Crippen molar-refractivity contribution in [3.8, 4) is 0 Å². The summed E-state index contributed by atoms with van der Waals surface area (Å²) in [5, 5.41) is 0.852. The van der Waals surface area contributed by atoms with Crippen LogP contribution in [-0.2, 0) is 6.54 Å². The van der Waals surface area contributed by atoms with Crippen molar-refractivity contribution in [2.45, 2.75) is 20.4 Å². The molecule has 1 aliphatic rings. The van der Waals surface area contributed by atoms with Crippen LogP contribution in [0.5, 0.6) is 0 Å². The second-order valence-corrected chi connectivity index (χ2v) is 9.28. The Hall–Kier alpha value is -4.10. The monoisotopic (exact) mass is 479 g/mol. The van der Waals surface area contributed by atoms with Crippen LogP contribution in [0.1, 0.15) is 43.2 Å². The highest BCUT2D eigenvalue weighted by Crippen LogP contribution is 2.21. The van der Waals surface area contributed by atoms with E-state index in [1.54, 1.807) is 18.2 Å². The number of aromatic nitrogens is 2. The van der Waals surface area contributed by atoms with Crippen LogP contribution < -0.4 is 5.73 Å². The first kappa shape index (κ1) is 23.6. The number of aryl methyl sites for hydroxylation is 2. The van der Waals surface area contributed by atoms with Gasteiger partial charge in [0.1, 0.15) is 11.6 Å². The van der Waals surface area contributed by atoms with E-state index < -0.39 is 0 Å². The minimum Gasteiger partial charge on any atom is -0.383 e. The van der Waals surface area contributed by atoms with Gasteiger partial charge < -0.3 is 10.6 Å². The number of nitrogens with two attached hydrogens (primary N) is 1. The number of fused-ring (bicyclic) bond motifs is 1. The summed E-state index contributed by atoms with van der Waals surface area (Å²) in [4.78, 5) is 39.9. The molecule has 1 aromatic heterocycles. The smallest absolute Gasteiger partial charge is 0.254 e. The third kappa shape index (κ3) is 4.70. The SMILES string of the molecule is Cc1ccc(C(=O)c2ccccc2C(=O)N2CCN(Cc3nc(N)c4ccccc4n3)CC2)cc1C. The number of anilines is 1. The number of rotatable bonds is 5. The average Bonchev–Trinajstić information content (AvgIpc) is 2.90. The predicted octanol–water partition coefficient (Wildman–Crippen LogP) is 4.02. The number of amides is 1. The minimum atomic E-state index is -0.133. The Kier molecular flexibility index (Phi) is 6.48. The first-order chi connectivity index (χ1) is 17.4. The van der Waals surface area contributed by atoms with Gasteiger partial charge in [-0.2, -0.15) is 0 Å². The average molecular weight is 480 g/mol. The third-order valence-corrected chi connectivity index (χ3v) is 6.87. The van der Waals surface area contributed by atoms with Crippen LogP contribution in [0.15, 0.2) is 66.7 Å². The number of para-hydroxylation sites is 1. The molecule has 3 aromatic carbocycles. The maximum Gasteiger partial charge on any atom is 0.254 e. The van der Waals surface area contributed by atoms with Crippen LogP contribution in [-0.4, -0.2) is 57.6 Å². The van der Waals surface area contributed by atoms with E-state index in [0.29, 0.717) is 61.1 Å². The van der Waals surface area contributed by atoms with Gasteiger partial charge in [0.2, 0.25) is 0 Å². The summed E-state index contributed by atoms with van der Waals surface area (Å²) in [6.07, 6.45) is 0. The van der Waals surface area contributed by atoms with Gasteiger partial charge in [-0.05, 0) is 49.2 Å². The number of carbonyl (C=O) groups excluding carboxylic acids is 2. The second-order valence-electron chi connectivity index (χ2n) is 9.28. The van der Waals surface area contributed by atoms with Crippen molar-refractivity contribution in [1.29, 1.82) is 0 Å². The number of benzene rings is 3. The molecule has 0 radical (unpaired) electrons. The third-order valence-electron chi connectivity index (χ3n) is 6.87. The van der Waals surface area contributed by atoms with Crippen LogP contribution in [0, 0.1) is 13.8 Å². The van der Waals surface area contributed by atoms with Gasteiger partial charge in [0.25, 0.3) is 5.91 Å². The molecule has 2 N–H and O–H groups in total. The lowest BCUT2D eigenvalue weighted by molar-refractivity contribution is 0.0623. The molecule has 0 bridgehead atoms. The number of nitrogen functional groups attached to an aromatic ring is 1. The molecule has 7 nitrogen and oxygen atoms in total. The van der Waals surface area contributed by atoms with E-state index in [9.17, 15) is 9.59 Å². The first-order valence-corrected chi connectivity index (χ1v) is 12.1. The van der Waals surface area contributed by atoms with Gasteiger partial charge in [0, 0.05) is 42.7 Å². The Labute approximate surface area is 210 Å². The largest absolute Gasteiger partial charge is 0.383 e. The number of nitrogens with zero attached hydrogens (tertiary/aromatic N) is 4. The van der Waals surface area contributed by atoms with Gasteiger partial charge in [-0.1, -0.05) is 42.5 Å². The standard InChI is InChI=1S/C29H29N5O2/c1-19-11-12-21(17-20(19)2)27(35)22-7-3-4-8-23(22)29(36)34-15-13-33(14-16-34)18-26-31-25-10-6-5-9-24(25)28(30)32-26/h3-12,17H,13-16,18H2,1-2H3,(H2,30,31,32). The molecule has 0 spiro atoms. The second kappa shape index (κ2) is 9.87. The van der Waals surface area contributed by atoms with Gasteiger partial charge in [-0.25, -0.2) is 9.97 Å². The van der Waals surface area contributed by atoms with E-state index in [4.69, 9.17) is 5.73 Å². The van der Waals surface area contributed by atoms with Gasteiger partial charge in [-0.3, -0.25) is 14.5 Å². The molecular weight excluding hydrogens is 450 g/mol. The van der Waals surface area contributed by atoms with Gasteiger partial charge in [0.05, 0.1) is 17.6 Å². The molecule has 0 atom stereocenters. The number of carbonyl (C=O) groups is 2. The Morgan fingerprint density at radius 2 is 1.53 bits per heavy atom. The molecule has 1 fully saturated rings. The predicted molar refractivity (Wildman–Crippen MR) is 141 cm³/mol. The van der Waals surface area contributed by atoms with Gasteiger partial charge >= 0.3 is 0 Å². The summed E-state index contributed by atoms with van der Waals surface area (Å²) in [6.45, 7) is 7.08. The lowest BCUT2D eigenvalue weighted by atomic mass is 9.95. The fourth-order valence-electron chi connectivity index (χ4n) is 4.61. The number of ketones is 1. The molecule has 0 unspecified atom stereocenters. The number of piperazine rings is 1. The normalized spacial score (nSPS) is 14.2. The Morgan fingerprint density at radius 1 is 0.833 bits per heavy atom. The zero-order chi connectivity index (χ0) is 25.2. The van der Waals surface area contributed by atoms with Crippen molar-refractivity contribution in [3.63, 3.8) is 0 Å². The van der Waals surface area contributed by atoms with Crippen LogP contribution in [0.25, 0.3) is 10.9 Å². The summed E-state index contributed by atoms with van der Waals surface area (Å²) in [5.74, 6) is 0.908. The van der Waals surface area contributed by atoms with Crippen molar-refractivity contribution in [2.24, 2.45) is 0 Å². The topological polar surface area (TPSA) is 92.4 Å². The van der Waals surface area contributed by atoms with E-state index >= 15 is 0 Å². The summed E-state index contributed by atoms with van der Waals surface area (Å²) in [6, 6.07) is 20.5. The van der Waals surface area contributed by atoms with Crippen LogP contribution in [0.4, 0.5) is 5.82 Å². The molecule has 182 valence electrons. The fourth-order valence-corrected chi connectivity index (χ4v) is 4.61. The molecule has 0 aliphatic carbocycles. The van der Waals surface area contributed by atoms with E-state index in [0.717, 1.165) is 22.0 Å². The van der Waals surface area contributed by atoms with Crippen molar-refractivity contribution < 1.29 is 9.59 Å². The van der Waals surface area contributed by atoms with Crippen LogP contribution >= 0.6 is 0 Å². The van der Waals surface area contributed by atoms with Gasteiger partial charge in [-0.15, -0.1) is 0 Å². The van der Waals surface area contributed by atoms with E-state index in [-0.39, 0.29) is 11.7 Å². The summed E-state index contributed by atoms with van der Waals surface area (Å²) in [5.41, 5.74) is 10.6. The molecule has 1 saturated heterocycles. The Bertz CT molecular complexity index is 1460. The maximum absolute atomic E-state index is 13.4. The molecular formula is C29H29N5O2. The van der Waals surface area contributed by atoms with Crippen molar-refractivity contribution in [3.05, 3.63) is 100 Å². The number of hydrogen-bond acceptors (Lipinski definition) is 6. The Balaban J connectivity index is 1.28. The lowest BCUT2D eigenvalue weighted by Crippen LogP contribution is -2.48. The Morgan fingerprint density at radius 3 is 2.28 bits per heavy atom. The molecule has 2 heterocycles. The van der Waals surface area contributed by atoms with E-state index in [1.807, 2.05) is 67.3 Å². The number of hydrogen-bond donors (Lipinski definition) is 1. The maximum atomic E-state index is 13.4. The van der Waals surface area contributed by atoms with Crippen LogP contribution in [0.3, 0.4) is 0 Å². The van der Waals surface area contributed by atoms with Gasteiger partial charge in [0.15, 0.2) is 5.78 Å². The summed E-state index contributed by atoms with van der Waals surface area (Å²) >= 11 is 0. The molecule has 1 amide bonds. The van der Waals surface area contributed by atoms with Crippen LogP contribution in [0.2, 0.25) is 0 Å². The first-order valence-electron chi connectivity index (χ1n) is 12.1. The van der Waals surface area contributed by atoms with Crippen molar-refractivity contribution in [1.82, 2.24) is 19.8 Å².